The number of nitrogens with two attached hydrogens (primary N) is 3. The van der Waals surface area contributed by atoms with E-state index in [1.807, 2.05) is 0 Å². The summed E-state index contributed by atoms with van der Waals surface area (Å²) in [5.74, 6) is -1.27. The van der Waals surface area contributed by atoms with Crippen LogP contribution in [0.4, 0.5) is 4.79 Å². The zero-order valence-corrected chi connectivity index (χ0v) is 18.9. The number of carbonyl (C=O) groups is 4. The number of carbonyl (C=O) groups excluding carboxylic acids is 4. The van der Waals surface area contributed by atoms with E-state index in [4.69, 9.17) is 27.3 Å². The van der Waals surface area contributed by atoms with E-state index < -0.39 is 42.1 Å². The van der Waals surface area contributed by atoms with Crippen LogP contribution in [0.15, 0.2) is 4.99 Å². The second kappa shape index (κ2) is 14.6. The summed E-state index contributed by atoms with van der Waals surface area (Å²) >= 11 is 0. The van der Waals surface area contributed by atoms with Gasteiger partial charge in [-0.3, -0.25) is 20.0 Å². The summed E-state index contributed by atoms with van der Waals surface area (Å²) in [4.78, 5) is 51.6. The highest BCUT2D eigenvalue weighted by Gasteiger charge is 2.24. The average molecular weight is 457 g/mol. The second-order valence-corrected chi connectivity index (χ2v) is 8.09. The van der Waals surface area contributed by atoms with Crippen LogP contribution in [0, 0.1) is 5.41 Å². The van der Waals surface area contributed by atoms with Crippen LogP contribution in [0.2, 0.25) is 0 Å². The molecule has 182 valence electrons. The number of aldehydes is 1. The van der Waals surface area contributed by atoms with Crippen molar-refractivity contribution >= 4 is 36.0 Å². The van der Waals surface area contributed by atoms with Crippen LogP contribution < -0.4 is 33.2 Å². The molecule has 32 heavy (non-hydrogen) atoms. The Kier molecular flexibility index (Phi) is 13.1. The lowest BCUT2D eigenvalue weighted by Gasteiger charge is -2.23. The fraction of sp³-hybridized carbons (Fsp3) is 0.684. The number of aliphatic imine (C=N–C) groups is 1. The van der Waals surface area contributed by atoms with E-state index in [0.29, 0.717) is 32.0 Å². The Bertz CT molecular complexity index is 686. The van der Waals surface area contributed by atoms with Crippen molar-refractivity contribution in [1.29, 1.82) is 5.41 Å². The van der Waals surface area contributed by atoms with Gasteiger partial charge in [-0.1, -0.05) is 0 Å². The maximum absolute atomic E-state index is 12.5. The van der Waals surface area contributed by atoms with Crippen molar-refractivity contribution in [1.82, 2.24) is 16.0 Å². The van der Waals surface area contributed by atoms with Crippen molar-refractivity contribution < 1.29 is 23.9 Å². The van der Waals surface area contributed by atoms with Gasteiger partial charge in [0.15, 0.2) is 5.96 Å². The Balaban J connectivity index is 4.79. The minimum atomic E-state index is -0.982. The summed E-state index contributed by atoms with van der Waals surface area (Å²) in [5, 5.41) is 14.5. The van der Waals surface area contributed by atoms with Gasteiger partial charge in [0.05, 0.1) is 18.4 Å². The molecule has 0 spiro atoms. The molecule has 0 aliphatic rings. The Labute approximate surface area is 187 Å². The van der Waals surface area contributed by atoms with E-state index in [-0.39, 0.29) is 24.8 Å². The number of guanidine groups is 1. The van der Waals surface area contributed by atoms with E-state index in [2.05, 4.69) is 20.9 Å². The molecule has 0 saturated heterocycles. The molecular weight excluding hydrogens is 420 g/mol. The first-order valence-corrected chi connectivity index (χ1v) is 10.2. The van der Waals surface area contributed by atoms with Gasteiger partial charge < -0.3 is 42.7 Å². The van der Waals surface area contributed by atoms with E-state index in [1.54, 1.807) is 20.8 Å². The van der Waals surface area contributed by atoms with Crippen LogP contribution in [0.3, 0.4) is 0 Å². The number of hydrogen-bond acceptors (Lipinski definition) is 7. The Morgan fingerprint density at radius 3 is 2.28 bits per heavy atom. The van der Waals surface area contributed by atoms with E-state index in [1.165, 1.54) is 0 Å². The van der Waals surface area contributed by atoms with Gasteiger partial charge in [-0.2, -0.15) is 0 Å². The van der Waals surface area contributed by atoms with Crippen molar-refractivity contribution in [2.45, 2.75) is 70.6 Å². The largest absolute Gasteiger partial charge is 0.444 e. The summed E-state index contributed by atoms with van der Waals surface area (Å²) in [5.41, 5.74) is 15.0. The van der Waals surface area contributed by atoms with E-state index >= 15 is 0 Å². The number of nitrogens with zero attached hydrogens (tertiary/aromatic N) is 1. The average Bonchev–Trinajstić information content (AvgIpc) is 2.65. The Hall–Kier alpha value is -3.38. The highest BCUT2D eigenvalue weighted by Crippen LogP contribution is 2.08. The van der Waals surface area contributed by atoms with Crippen molar-refractivity contribution in [3.63, 3.8) is 0 Å². The number of rotatable bonds is 14. The summed E-state index contributed by atoms with van der Waals surface area (Å²) < 4.78 is 5.17. The van der Waals surface area contributed by atoms with Gasteiger partial charge in [-0.15, -0.1) is 0 Å². The zero-order valence-electron chi connectivity index (χ0n) is 18.9. The predicted octanol–water partition coefficient (Wildman–Crippen LogP) is -1.16. The smallest absolute Gasteiger partial charge is 0.408 e. The van der Waals surface area contributed by atoms with Crippen molar-refractivity contribution in [3.05, 3.63) is 0 Å². The number of ether oxygens (including phenoxy) is 1. The van der Waals surface area contributed by atoms with Crippen LogP contribution in [-0.4, -0.2) is 66.8 Å². The maximum Gasteiger partial charge on any atom is 0.408 e. The van der Waals surface area contributed by atoms with Gasteiger partial charge in [0.1, 0.15) is 17.9 Å². The lowest BCUT2D eigenvalue weighted by molar-refractivity contribution is -0.128. The fourth-order valence-corrected chi connectivity index (χ4v) is 2.46. The molecule has 0 aromatic rings. The molecule has 0 radical (unpaired) electrons. The third-order valence-electron chi connectivity index (χ3n) is 3.85. The number of amides is 3. The third-order valence-corrected chi connectivity index (χ3v) is 3.85. The van der Waals surface area contributed by atoms with Crippen molar-refractivity contribution in [3.8, 4) is 0 Å². The molecule has 0 aliphatic heterocycles. The van der Waals surface area contributed by atoms with Gasteiger partial charge in [-0.05, 0) is 46.5 Å². The monoisotopic (exact) mass is 456 g/mol. The Morgan fingerprint density at radius 2 is 1.75 bits per heavy atom. The van der Waals surface area contributed by atoms with Gasteiger partial charge >= 0.3 is 6.09 Å². The molecule has 2 atom stereocenters. The topological polar surface area (TPSA) is 228 Å². The van der Waals surface area contributed by atoms with Crippen LogP contribution in [-0.2, 0) is 19.1 Å². The lowest BCUT2D eigenvalue weighted by Crippen LogP contribution is -2.50. The van der Waals surface area contributed by atoms with Gasteiger partial charge in [-0.25, -0.2) is 4.79 Å². The standard InChI is InChI=1S/C19H36N8O5/c1-19(2,3)32-18(31)27-13(7-5-9-24-17(22)23)16(30)25-10-15(29)26-12(11-28)6-4-8-14(20)21/h11-13H,4-10H2,1-3H3,(H3,20,21)(H,25,30)(H,26,29)(H,27,31)(H4,22,23,24)/t12-,13+/m0/s1. The summed E-state index contributed by atoms with van der Waals surface area (Å²) in [6.45, 7) is 4.92. The molecule has 3 amide bonds. The van der Waals surface area contributed by atoms with Crippen LogP contribution in [0.5, 0.6) is 0 Å². The first kappa shape index (κ1) is 28.6. The highest BCUT2D eigenvalue weighted by molar-refractivity contribution is 5.90. The molecule has 13 nitrogen and oxygen atoms in total. The molecule has 0 rings (SSSR count). The normalized spacial score (nSPS) is 12.6. The molecule has 0 aromatic heterocycles. The van der Waals surface area contributed by atoms with Gasteiger partial charge in [0, 0.05) is 13.0 Å². The predicted molar refractivity (Wildman–Crippen MR) is 120 cm³/mol. The Morgan fingerprint density at radius 1 is 1.09 bits per heavy atom. The van der Waals surface area contributed by atoms with Crippen LogP contribution in [0.25, 0.3) is 0 Å². The second-order valence-electron chi connectivity index (χ2n) is 8.09. The number of hydrogen-bond donors (Lipinski definition) is 7. The molecule has 0 heterocycles. The molecule has 0 bridgehead atoms. The molecule has 0 aliphatic carbocycles. The minimum Gasteiger partial charge on any atom is -0.444 e. The van der Waals surface area contributed by atoms with Crippen molar-refractivity contribution in [2.75, 3.05) is 13.1 Å². The molecular formula is C19H36N8O5. The zero-order chi connectivity index (χ0) is 24.7. The molecule has 10 N–H and O–H groups in total. The number of alkyl carbamates (subject to hydrolysis) is 1. The van der Waals surface area contributed by atoms with Crippen molar-refractivity contribution in [2.24, 2.45) is 22.2 Å². The van der Waals surface area contributed by atoms with Gasteiger partial charge in [0.2, 0.25) is 11.8 Å². The SMILES string of the molecule is CC(C)(C)OC(=O)N[C@H](CCCN=C(N)N)C(=O)NCC(=O)N[C@H](C=O)CCCC(=N)N. The first-order chi connectivity index (χ1) is 14.8. The fourth-order valence-electron chi connectivity index (χ4n) is 2.46. The van der Waals surface area contributed by atoms with E-state index in [0.717, 1.165) is 0 Å². The highest BCUT2D eigenvalue weighted by atomic mass is 16.6. The molecule has 0 fully saturated rings. The van der Waals surface area contributed by atoms with Gasteiger partial charge in [0.25, 0.3) is 0 Å². The molecule has 0 saturated carbocycles. The summed E-state index contributed by atoms with van der Waals surface area (Å²) in [6.07, 6.45) is 1.48. The van der Waals surface area contributed by atoms with E-state index in [9.17, 15) is 19.2 Å². The third kappa shape index (κ3) is 15.5. The minimum absolute atomic E-state index is 0.00314. The molecule has 0 aromatic carbocycles. The quantitative estimate of drug-likeness (QED) is 0.0727. The molecule has 0 unspecified atom stereocenters. The molecule has 13 heteroatoms. The van der Waals surface area contributed by atoms with Crippen LogP contribution in [0.1, 0.15) is 52.9 Å². The summed E-state index contributed by atoms with van der Waals surface area (Å²) in [7, 11) is 0. The summed E-state index contributed by atoms with van der Waals surface area (Å²) in [6, 6.07) is -1.74. The van der Waals surface area contributed by atoms with Crippen LogP contribution >= 0.6 is 0 Å². The number of amidine groups is 1. The lowest BCUT2D eigenvalue weighted by atomic mass is 10.1. The maximum atomic E-state index is 12.5. The first-order valence-electron chi connectivity index (χ1n) is 10.2. The number of nitrogens with one attached hydrogen (secondary N) is 4.